The van der Waals surface area contributed by atoms with E-state index in [1.807, 2.05) is 30.3 Å². The molecule has 0 amide bonds. The molecular weight excluding hydrogens is 275 g/mol. The van der Waals surface area contributed by atoms with E-state index in [9.17, 15) is 4.39 Å². The number of rotatable bonds is 5. The van der Waals surface area contributed by atoms with Crippen molar-refractivity contribution in [3.8, 4) is 11.1 Å². The molecule has 3 nitrogen and oxygen atoms in total. The molecule has 0 aliphatic carbocycles. The molecule has 20 heavy (non-hydrogen) atoms. The highest BCUT2D eigenvalue weighted by atomic mass is 28.4. The highest BCUT2D eigenvalue weighted by Gasteiger charge is 2.40. The zero-order chi connectivity index (χ0) is 14.6. The molecule has 0 heterocycles. The van der Waals surface area contributed by atoms with Gasteiger partial charge in [-0.1, -0.05) is 36.4 Å². The predicted molar refractivity (Wildman–Crippen MR) is 78.3 cm³/mol. The van der Waals surface area contributed by atoms with Gasteiger partial charge < -0.3 is 13.3 Å². The number of benzene rings is 2. The van der Waals surface area contributed by atoms with Crippen LogP contribution in [-0.2, 0) is 13.3 Å². The van der Waals surface area contributed by atoms with Gasteiger partial charge in [-0.3, -0.25) is 0 Å². The van der Waals surface area contributed by atoms with Crippen molar-refractivity contribution in [1.82, 2.24) is 0 Å². The average molecular weight is 292 g/mol. The number of halogens is 1. The minimum Gasteiger partial charge on any atom is -0.373 e. The van der Waals surface area contributed by atoms with Gasteiger partial charge in [0.2, 0.25) is 0 Å². The Morgan fingerprint density at radius 3 is 1.90 bits per heavy atom. The molecule has 0 aliphatic rings. The lowest BCUT2D eigenvalue weighted by Gasteiger charge is -2.24. The smallest absolute Gasteiger partial charge is 0.373 e. The molecule has 0 spiro atoms. The normalized spacial score (nSPS) is 11.6. The van der Waals surface area contributed by atoms with Gasteiger partial charge in [-0.25, -0.2) is 4.39 Å². The SMILES string of the molecule is CO[Si](OC)(OC)c1ccc(-c2cccc(F)c2)cc1. The third kappa shape index (κ3) is 2.81. The summed E-state index contributed by atoms with van der Waals surface area (Å²) in [5.41, 5.74) is 1.76. The second-order valence-electron chi connectivity index (χ2n) is 4.26. The van der Waals surface area contributed by atoms with Gasteiger partial charge in [-0.05, 0) is 23.3 Å². The van der Waals surface area contributed by atoms with Gasteiger partial charge in [-0.15, -0.1) is 0 Å². The highest BCUT2D eigenvalue weighted by Crippen LogP contribution is 2.20. The van der Waals surface area contributed by atoms with Crippen molar-refractivity contribution in [2.75, 3.05) is 21.3 Å². The van der Waals surface area contributed by atoms with Crippen LogP contribution in [0, 0.1) is 5.82 Å². The molecule has 0 saturated carbocycles. The molecular formula is C15H17FO3Si. The van der Waals surface area contributed by atoms with Crippen LogP contribution < -0.4 is 5.19 Å². The van der Waals surface area contributed by atoms with Crippen LogP contribution >= 0.6 is 0 Å². The fraction of sp³-hybridized carbons (Fsp3) is 0.200. The van der Waals surface area contributed by atoms with Gasteiger partial charge >= 0.3 is 8.80 Å². The summed E-state index contributed by atoms with van der Waals surface area (Å²) in [6, 6.07) is 14.1. The Morgan fingerprint density at radius 1 is 0.800 bits per heavy atom. The van der Waals surface area contributed by atoms with Crippen LogP contribution in [0.3, 0.4) is 0 Å². The molecule has 0 bridgehead atoms. The third-order valence-electron chi connectivity index (χ3n) is 3.20. The van der Waals surface area contributed by atoms with E-state index in [2.05, 4.69) is 0 Å². The van der Waals surface area contributed by atoms with E-state index < -0.39 is 8.80 Å². The lowest BCUT2D eigenvalue weighted by molar-refractivity contribution is 0.140. The van der Waals surface area contributed by atoms with Gasteiger partial charge in [0.05, 0.1) is 0 Å². The molecule has 0 saturated heterocycles. The van der Waals surface area contributed by atoms with Crippen molar-refractivity contribution < 1.29 is 17.7 Å². The summed E-state index contributed by atoms with van der Waals surface area (Å²) in [6.45, 7) is 0. The van der Waals surface area contributed by atoms with Crippen molar-refractivity contribution in [3.05, 3.63) is 54.3 Å². The number of hydrogen-bond acceptors (Lipinski definition) is 3. The van der Waals surface area contributed by atoms with Crippen LogP contribution in [0.4, 0.5) is 4.39 Å². The molecule has 0 atom stereocenters. The molecule has 2 aromatic rings. The molecule has 0 fully saturated rings. The summed E-state index contributed by atoms with van der Waals surface area (Å²) >= 11 is 0. The quantitative estimate of drug-likeness (QED) is 0.793. The predicted octanol–water partition coefficient (Wildman–Crippen LogP) is 2.58. The molecule has 0 radical (unpaired) electrons. The van der Waals surface area contributed by atoms with E-state index in [4.69, 9.17) is 13.3 Å². The fourth-order valence-electron chi connectivity index (χ4n) is 2.14. The second kappa shape index (κ2) is 6.28. The molecule has 0 aliphatic heterocycles. The Bertz CT molecular complexity index is 559. The molecule has 2 aromatic carbocycles. The van der Waals surface area contributed by atoms with Gasteiger partial charge in [0, 0.05) is 26.5 Å². The van der Waals surface area contributed by atoms with Crippen molar-refractivity contribution in [2.45, 2.75) is 0 Å². The summed E-state index contributed by atoms with van der Waals surface area (Å²) in [7, 11) is 1.91. The van der Waals surface area contributed by atoms with Gasteiger partial charge in [0.1, 0.15) is 5.82 Å². The van der Waals surface area contributed by atoms with E-state index in [0.29, 0.717) is 0 Å². The summed E-state index contributed by atoms with van der Waals surface area (Å²) in [5.74, 6) is -0.249. The summed E-state index contributed by atoms with van der Waals surface area (Å²) < 4.78 is 29.5. The summed E-state index contributed by atoms with van der Waals surface area (Å²) in [5, 5.41) is 0.866. The molecule has 0 unspecified atom stereocenters. The Morgan fingerprint density at radius 2 is 1.40 bits per heavy atom. The molecule has 2 rings (SSSR count). The van der Waals surface area contributed by atoms with Crippen LogP contribution in [0.2, 0.25) is 0 Å². The van der Waals surface area contributed by atoms with Crippen molar-refractivity contribution in [2.24, 2.45) is 0 Å². The first kappa shape index (κ1) is 14.9. The highest BCUT2D eigenvalue weighted by molar-refractivity contribution is 6.75. The minimum atomic E-state index is -2.80. The zero-order valence-electron chi connectivity index (χ0n) is 11.7. The lowest BCUT2D eigenvalue weighted by Crippen LogP contribution is -2.54. The Balaban J connectivity index is 2.35. The first-order valence-corrected chi connectivity index (χ1v) is 7.89. The van der Waals surface area contributed by atoms with E-state index >= 15 is 0 Å². The van der Waals surface area contributed by atoms with E-state index in [0.717, 1.165) is 16.3 Å². The number of hydrogen-bond donors (Lipinski definition) is 0. The van der Waals surface area contributed by atoms with Crippen molar-refractivity contribution >= 4 is 14.0 Å². The largest absolute Gasteiger partial charge is 0.536 e. The summed E-state index contributed by atoms with van der Waals surface area (Å²) in [4.78, 5) is 0. The first-order chi connectivity index (χ1) is 9.65. The Kier molecular flexibility index (Phi) is 4.67. The van der Waals surface area contributed by atoms with Crippen molar-refractivity contribution in [1.29, 1.82) is 0 Å². The molecule has 5 heteroatoms. The van der Waals surface area contributed by atoms with E-state index in [1.54, 1.807) is 27.4 Å². The topological polar surface area (TPSA) is 27.7 Å². The molecule has 0 N–H and O–H groups in total. The van der Waals surface area contributed by atoms with Gasteiger partial charge in [0.15, 0.2) is 0 Å². The maximum Gasteiger partial charge on any atom is 0.536 e. The molecule has 0 aromatic heterocycles. The molecule has 106 valence electrons. The maximum atomic E-state index is 13.2. The van der Waals surface area contributed by atoms with Gasteiger partial charge in [0.25, 0.3) is 0 Å². The lowest BCUT2D eigenvalue weighted by atomic mass is 10.1. The Labute approximate surface area is 119 Å². The first-order valence-electron chi connectivity index (χ1n) is 6.17. The van der Waals surface area contributed by atoms with Crippen LogP contribution in [0.15, 0.2) is 48.5 Å². The average Bonchev–Trinajstić information content (AvgIpc) is 2.50. The Hall–Kier alpha value is -1.53. The third-order valence-corrected chi connectivity index (χ3v) is 5.86. The standard InChI is InChI=1S/C15H17FO3Si/c1-17-20(18-2,19-3)15-9-7-12(8-10-15)13-5-4-6-14(16)11-13/h4-11H,1-3H3. The van der Waals surface area contributed by atoms with Crippen LogP contribution in [-0.4, -0.2) is 30.1 Å². The monoisotopic (exact) mass is 292 g/mol. The van der Waals surface area contributed by atoms with Crippen LogP contribution in [0.25, 0.3) is 11.1 Å². The van der Waals surface area contributed by atoms with Crippen LogP contribution in [0.5, 0.6) is 0 Å². The van der Waals surface area contributed by atoms with Crippen LogP contribution in [0.1, 0.15) is 0 Å². The second-order valence-corrected chi connectivity index (χ2v) is 7.17. The maximum absolute atomic E-state index is 13.2. The minimum absolute atomic E-state index is 0.249. The van der Waals surface area contributed by atoms with E-state index in [-0.39, 0.29) is 5.82 Å². The van der Waals surface area contributed by atoms with E-state index in [1.165, 1.54) is 12.1 Å². The zero-order valence-corrected chi connectivity index (χ0v) is 12.7. The summed E-state index contributed by atoms with van der Waals surface area (Å²) in [6.07, 6.45) is 0. The van der Waals surface area contributed by atoms with Gasteiger partial charge in [-0.2, -0.15) is 0 Å². The van der Waals surface area contributed by atoms with Crippen molar-refractivity contribution in [3.63, 3.8) is 0 Å². The fourth-order valence-corrected chi connectivity index (χ4v) is 3.92.